The molecule has 0 aromatic rings. The van der Waals surface area contributed by atoms with E-state index in [4.69, 9.17) is 24.3 Å². The molecular weight excluding hydrogens is 1220 g/mol. The van der Waals surface area contributed by atoms with Crippen molar-refractivity contribution in [2.45, 2.75) is 380 Å². The van der Waals surface area contributed by atoms with Crippen molar-refractivity contribution in [3.63, 3.8) is 0 Å². The average Bonchev–Trinajstić information content (AvgIpc) is 2.57. The Kier molecular flexibility index (Phi) is 77.9. The molecule has 0 heterocycles. The molecule has 0 rings (SSSR count). The Balaban J connectivity index is 3.86. The van der Waals surface area contributed by atoms with Crippen LogP contribution >= 0.6 is 7.82 Å². The highest BCUT2D eigenvalue weighted by atomic mass is 31.2. The van der Waals surface area contributed by atoms with Crippen LogP contribution < -0.4 is 5.73 Å². The van der Waals surface area contributed by atoms with Gasteiger partial charge in [-0.25, -0.2) is 4.57 Å². The van der Waals surface area contributed by atoms with Gasteiger partial charge in [0.1, 0.15) is 6.61 Å². The first-order valence-electron chi connectivity index (χ1n) is 40.7. The first kappa shape index (κ1) is 93.2. The molecule has 0 spiro atoms. The summed E-state index contributed by atoms with van der Waals surface area (Å²) in [5, 5.41) is 0. The normalized spacial score (nSPS) is 13.6. The van der Waals surface area contributed by atoms with E-state index >= 15 is 0 Å². The molecule has 558 valence electrons. The predicted molar refractivity (Wildman–Crippen MR) is 422 cm³/mol. The summed E-state index contributed by atoms with van der Waals surface area (Å²) < 4.78 is 33.3. The zero-order valence-corrected chi connectivity index (χ0v) is 63.9. The van der Waals surface area contributed by atoms with Gasteiger partial charge in [-0.1, -0.05) is 379 Å². The lowest BCUT2D eigenvalue weighted by atomic mass is 10.0. The highest BCUT2D eigenvalue weighted by Gasteiger charge is 2.26. The summed E-state index contributed by atoms with van der Waals surface area (Å²) in [5.74, 6) is -0.824. The third-order valence-corrected chi connectivity index (χ3v) is 18.5. The number of rotatable bonds is 76. The summed E-state index contributed by atoms with van der Waals surface area (Å²) in [7, 11) is -4.40. The van der Waals surface area contributed by atoms with Crippen molar-refractivity contribution in [2.24, 2.45) is 5.73 Å². The number of carbonyl (C=O) groups excluding carboxylic acids is 2. The number of phosphoric acid groups is 1. The zero-order chi connectivity index (χ0) is 70.0. The van der Waals surface area contributed by atoms with Gasteiger partial charge in [0.15, 0.2) is 6.10 Å². The topological polar surface area (TPSA) is 134 Å². The largest absolute Gasteiger partial charge is 0.472 e. The van der Waals surface area contributed by atoms with Gasteiger partial charge in [0, 0.05) is 19.4 Å². The van der Waals surface area contributed by atoms with Crippen LogP contribution in [0.5, 0.6) is 0 Å². The van der Waals surface area contributed by atoms with Crippen LogP contribution in [0.3, 0.4) is 0 Å². The van der Waals surface area contributed by atoms with Gasteiger partial charge in [0.25, 0.3) is 0 Å². The molecule has 10 heteroatoms. The van der Waals surface area contributed by atoms with E-state index in [2.05, 4.69) is 148 Å². The molecule has 0 aliphatic carbocycles. The summed E-state index contributed by atoms with van der Waals surface area (Å²) >= 11 is 0. The van der Waals surface area contributed by atoms with Crippen molar-refractivity contribution in [1.29, 1.82) is 0 Å². The van der Waals surface area contributed by atoms with Gasteiger partial charge in [-0.15, -0.1) is 0 Å². The Morgan fingerprint density at radius 2 is 0.567 bits per heavy atom. The minimum absolute atomic E-state index is 0.0490. The molecule has 0 aliphatic heterocycles. The lowest BCUT2D eigenvalue weighted by molar-refractivity contribution is -0.161. The van der Waals surface area contributed by atoms with Crippen molar-refractivity contribution in [3.8, 4) is 0 Å². The molecule has 0 saturated heterocycles. The first-order valence-corrected chi connectivity index (χ1v) is 42.2. The number of phosphoric ester groups is 1. The number of unbranched alkanes of at least 4 members (excludes halogenated alkanes) is 41. The maximum absolute atomic E-state index is 12.8. The van der Waals surface area contributed by atoms with Gasteiger partial charge < -0.3 is 20.1 Å². The number of hydrogen-bond donors (Lipinski definition) is 2. The van der Waals surface area contributed by atoms with Crippen molar-refractivity contribution in [3.05, 3.63) is 134 Å². The Hall–Kier alpha value is -3.85. The van der Waals surface area contributed by atoms with Gasteiger partial charge in [-0.05, 0) is 116 Å². The van der Waals surface area contributed by atoms with Crippen molar-refractivity contribution < 1.29 is 37.6 Å². The number of nitrogens with two attached hydrogens (primary N) is 1. The molecule has 2 unspecified atom stereocenters. The van der Waals surface area contributed by atoms with Crippen LogP contribution in [0.15, 0.2) is 134 Å². The van der Waals surface area contributed by atoms with Crippen LogP contribution in [-0.2, 0) is 32.7 Å². The lowest BCUT2D eigenvalue weighted by Gasteiger charge is -2.19. The molecule has 0 radical (unpaired) electrons. The second-order valence-corrected chi connectivity index (χ2v) is 28.4. The Morgan fingerprint density at radius 3 is 0.856 bits per heavy atom. The van der Waals surface area contributed by atoms with E-state index in [-0.39, 0.29) is 38.6 Å². The Labute approximate surface area is 599 Å². The van der Waals surface area contributed by atoms with Gasteiger partial charge >= 0.3 is 19.8 Å². The number of hydrogen-bond acceptors (Lipinski definition) is 8. The summed E-state index contributed by atoms with van der Waals surface area (Å²) in [5.41, 5.74) is 5.42. The van der Waals surface area contributed by atoms with Crippen molar-refractivity contribution in [2.75, 3.05) is 26.4 Å². The van der Waals surface area contributed by atoms with Gasteiger partial charge in [0.05, 0.1) is 13.2 Å². The Bertz CT molecular complexity index is 2060. The third-order valence-electron chi connectivity index (χ3n) is 17.5. The molecule has 0 fully saturated rings. The fourth-order valence-corrected chi connectivity index (χ4v) is 12.3. The van der Waals surface area contributed by atoms with Gasteiger partial charge in [0.2, 0.25) is 0 Å². The predicted octanol–water partition coefficient (Wildman–Crippen LogP) is 27.5. The smallest absolute Gasteiger partial charge is 0.462 e. The molecular formula is C87H152NO8P. The monoisotopic (exact) mass is 1370 g/mol. The van der Waals surface area contributed by atoms with Crippen LogP contribution in [0.4, 0.5) is 0 Å². The van der Waals surface area contributed by atoms with Crippen molar-refractivity contribution in [1.82, 2.24) is 0 Å². The molecule has 0 aliphatic rings. The summed E-state index contributed by atoms with van der Waals surface area (Å²) in [4.78, 5) is 35.5. The third kappa shape index (κ3) is 81.0. The standard InChI is InChI=1S/C87H152NO8P/c1-3-5-7-9-11-13-15-17-19-21-23-25-27-29-31-33-35-37-39-40-41-42-43-44-46-48-50-52-54-56-58-60-62-64-66-68-70-72-74-76-78-80-87(90)96-85(84-95-97(91,92)94-82-81-88)83-93-86(89)79-77-75-73-71-69-67-65-63-61-59-57-55-53-51-49-47-45-38-36-34-32-30-28-26-24-22-20-18-16-14-12-10-8-6-4-2/h5,7,11,13,17,19,22-25,29,31,35,37,40-41,43-44,48,50,54,56,85H,3-4,6,8-10,12,14-16,18,20-21,26-28,30,32-34,36,38-39,42,45-47,49,51-53,55,57-84,88H2,1-2H3,(H,91,92)/b7-5-,13-11-,19-17-,24-22-,25-23-,31-29-,37-35-,41-40-,44-43-,50-48-,56-54-. The molecule has 0 bridgehead atoms. The second-order valence-electron chi connectivity index (χ2n) is 26.9. The van der Waals surface area contributed by atoms with Gasteiger partial charge in [-0.2, -0.15) is 0 Å². The maximum atomic E-state index is 12.8. The molecule has 3 N–H and O–H groups in total. The summed E-state index contributed by atoms with van der Waals surface area (Å²) in [6.45, 7) is 3.66. The second kappa shape index (κ2) is 81.1. The minimum Gasteiger partial charge on any atom is -0.462 e. The van der Waals surface area contributed by atoms with Crippen LogP contribution in [0.2, 0.25) is 0 Å². The average molecular weight is 1370 g/mol. The van der Waals surface area contributed by atoms with E-state index in [0.29, 0.717) is 6.42 Å². The lowest BCUT2D eigenvalue weighted by Crippen LogP contribution is -2.29. The SMILES string of the molecule is CC/C=C\C/C=C\C/C=C\C/C=C\C/C=C\C/C=C\C/C=C\C/C=C\C/C=C\C/C=C\CCCCCCCCCCCCC(=O)OC(COC(=O)CCCCCCCCCCCCCCCCCCCCCCCCC/C=C\CCCCCCCCCC)COP(=O)(O)OCCN. The van der Waals surface area contributed by atoms with Gasteiger partial charge in [-0.3, -0.25) is 18.6 Å². The molecule has 9 nitrogen and oxygen atoms in total. The zero-order valence-electron chi connectivity index (χ0n) is 63.0. The number of ether oxygens (including phenoxy) is 2. The van der Waals surface area contributed by atoms with Crippen LogP contribution in [0, 0.1) is 0 Å². The summed E-state index contributed by atoms with van der Waals surface area (Å²) in [6.07, 6.45) is 116. The van der Waals surface area contributed by atoms with E-state index in [1.54, 1.807) is 0 Å². The molecule has 97 heavy (non-hydrogen) atoms. The molecule has 0 amide bonds. The molecule has 2 atom stereocenters. The number of esters is 2. The maximum Gasteiger partial charge on any atom is 0.472 e. The Morgan fingerprint density at radius 1 is 0.320 bits per heavy atom. The van der Waals surface area contributed by atoms with Crippen molar-refractivity contribution >= 4 is 19.8 Å². The van der Waals surface area contributed by atoms with Crippen LogP contribution in [-0.4, -0.2) is 49.3 Å². The fourth-order valence-electron chi connectivity index (χ4n) is 11.5. The van der Waals surface area contributed by atoms with E-state index in [1.807, 2.05) is 0 Å². The first-order chi connectivity index (χ1) is 47.8. The molecule has 0 aromatic heterocycles. The van der Waals surface area contributed by atoms with E-state index in [0.717, 1.165) is 109 Å². The minimum atomic E-state index is -4.40. The summed E-state index contributed by atoms with van der Waals surface area (Å²) in [6, 6.07) is 0. The number of allylic oxidation sites excluding steroid dienone is 22. The van der Waals surface area contributed by atoms with Crippen LogP contribution in [0.25, 0.3) is 0 Å². The quantitative estimate of drug-likeness (QED) is 0.0264. The fraction of sp³-hybridized carbons (Fsp3) is 0.724. The van der Waals surface area contributed by atoms with Crippen LogP contribution in [0.1, 0.15) is 373 Å². The van der Waals surface area contributed by atoms with E-state index in [1.165, 1.54) is 231 Å². The van der Waals surface area contributed by atoms with E-state index < -0.39 is 26.5 Å². The molecule has 0 saturated carbocycles. The molecule has 0 aromatic carbocycles. The highest BCUT2D eigenvalue weighted by Crippen LogP contribution is 2.43. The number of carbonyl (C=O) groups is 2. The van der Waals surface area contributed by atoms with E-state index in [9.17, 15) is 19.0 Å². The highest BCUT2D eigenvalue weighted by molar-refractivity contribution is 7.47.